The van der Waals surface area contributed by atoms with Crippen LogP contribution >= 0.6 is 0 Å². The minimum atomic E-state index is 0.679. The fraction of sp³-hybridized carbons (Fsp3) is 0.647. The molecule has 2 atom stereocenters. The minimum absolute atomic E-state index is 0.679. The summed E-state index contributed by atoms with van der Waals surface area (Å²) in [6.45, 7) is 5.91. The van der Waals surface area contributed by atoms with Crippen LogP contribution in [0.5, 0.6) is 0 Å². The van der Waals surface area contributed by atoms with E-state index >= 15 is 0 Å². The molecule has 2 unspecified atom stereocenters. The Morgan fingerprint density at radius 1 is 1.26 bits per heavy atom. The Balaban J connectivity index is 1.68. The molecule has 19 heavy (non-hydrogen) atoms. The quantitative estimate of drug-likeness (QED) is 0.892. The SMILES string of the molecule is CCCNC1CCN(C2CCCc3ccccc32)C1. The minimum Gasteiger partial charge on any atom is -0.313 e. The van der Waals surface area contributed by atoms with Crippen LogP contribution in [0.4, 0.5) is 0 Å². The number of nitrogens with one attached hydrogen (secondary N) is 1. The van der Waals surface area contributed by atoms with Crippen LogP contribution in [0.2, 0.25) is 0 Å². The van der Waals surface area contributed by atoms with Crippen molar-refractivity contribution >= 4 is 0 Å². The van der Waals surface area contributed by atoms with Crippen molar-refractivity contribution in [3.8, 4) is 0 Å². The number of aryl methyl sites for hydroxylation is 1. The van der Waals surface area contributed by atoms with Crippen LogP contribution in [0.3, 0.4) is 0 Å². The van der Waals surface area contributed by atoms with Crippen molar-refractivity contribution in [1.29, 1.82) is 0 Å². The third-order valence-corrected chi connectivity index (χ3v) is 4.68. The van der Waals surface area contributed by atoms with E-state index in [0.717, 1.165) is 0 Å². The van der Waals surface area contributed by atoms with Gasteiger partial charge in [0.1, 0.15) is 0 Å². The number of rotatable bonds is 4. The number of benzene rings is 1. The molecule has 104 valence electrons. The summed E-state index contributed by atoms with van der Waals surface area (Å²) in [7, 11) is 0. The first kappa shape index (κ1) is 13.1. The van der Waals surface area contributed by atoms with Gasteiger partial charge in [-0.25, -0.2) is 0 Å². The third kappa shape index (κ3) is 2.85. The van der Waals surface area contributed by atoms with Crippen LogP contribution in [-0.2, 0) is 6.42 Å². The average molecular weight is 258 g/mol. The van der Waals surface area contributed by atoms with Crippen LogP contribution in [0.25, 0.3) is 0 Å². The fourth-order valence-electron chi connectivity index (χ4n) is 3.69. The van der Waals surface area contributed by atoms with E-state index < -0.39 is 0 Å². The van der Waals surface area contributed by atoms with E-state index in [1.807, 2.05) is 0 Å². The highest BCUT2D eigenvalue weighted by atomic mass is 15.2. The summed E-state index contributed by atoms with van der Waals surface area (Å²) in [4.78, 5) is 2.71. The fourth-order valence-corrected chi connectivity index (χ4v) is 3.69. The molecule has 1 aliphatic heterocycles. The number of fused-ring (bicyclic) bond motifs is 1. The van der Waals surface area contributed by atoms with Crippen LogP contribution < -0.4 is 5.32 Å². The first-order chi connectivity index (χ1) is 9.38. The van der Waals surface area contributed by atoms with Crippen molar-refractivity contribution in [3.63, 3.8) is 0 Å². The first-order valence-corrected chi connectivity index (χ1v) is 7.93. The Morgan fingerprint density at radius 2 is 2.16 bits per heavy atom. The van der Waals surface area contributed by atoms with E-state index in [1.54, 1.807) is 11.1 Å². The van der Waals surface area contributed by atoms with Gasteiger partial charge in [-0.1, -0.05) is 31.2 Å². The molecule has 0 radical (unpaired) electrons. The molecular formula is C17H26N2. The van der Waals surface area contributed by atoms with Crippen LogP contribution in [0, 0.1) is 0 Å². The molecule has 1 saturated heterocycles. The molecular weight excluding hydrogens is 232 g/mol. The Bertz CT molecular complexity index is 415. The molecule has 1 heterocycles. The summed E-state index contributed by atoms with van der Waals surface area (Å²) in [6, 6.07) is 10.5. The first-order valence-electron chi connectivity index (χ1n) is 7.93. The third-order valence-electron chi connectivity index (χ3n) is 4.68. The molecule has 1 N–H and O–H groups in total. The molecule has 0 aromatic heterocycles. The lowest BCUT2D eigenvalue weighted by Gasteiger charge is -2.33. The average Bonchev–Trinajstić information content (AvgIpc) is 2.93. The number of likely N-dealkylation sites (tertiary alicyclic amines) is 1. The maximum Gasteiger partial charge on any atom is 0.0351 e. The molecule has 2 heteroatoms. The Kier molecular flexibility index (Phi) is 4.19. The Labute approximate surface area is 117 Å². The smallest absolute Gasteiger partial charge is 0.0351 e. The van der Waals surface area contributed by atoms with Crippen molar-refractivity contribution in [2.75, 3.05) is 19.6 Å². The highest BCUT2D eigenvalue weighted by molar-refractivity contribution is 5.32. The summed E-state index contributed by atoms with van der Waals surface area (Å²) in [5.74, 6) is 0. The zero-order valence-electron chi connectivity index (χ0n) is 12.1. The molecule has 3 rings (SSSR count). The lowest BCUT2D eigenvalue weighted by molar-refractivity contribution is 0.216. The lowest BCUT2D eigenvalue weighted by atomic mass is 9.87. The zero-order chi connectivity index (χ0) is 13.1. The van der Waals surface area contributed by atoms with Crippen molar-refractivity contribution in [2.45, 2.75) is 51.1 Å². The summed E-state index contributed by atoms with van der Waals surface area (Å²) in [5.41, 5.74) is 3.19. The Hall–Kier alpha value is -0.860. The molecule has 0 bridgehead atoms. The van der Waals surface area contributed by atoms with E-state index in [4.69, 9.17) is 0 Å². The van der Waals surface area contributed by atoms with Gasteiger partial charge in [-0.15, -0.1) is 0 Å². The van der Waals surface area contributed by atoms with Gasteiger partial charge in [0.2, 0.25) is 0 Å². The molecule has 0 spiro atoms. The Morgan fingerprint density at radius 3 is 3.05 bits per heavy atom. The van der Waals surface area contributed by atoms with Gasteiger partial charge in [0.25, 0.3) is 0 Å². The van der Waals surface area contributed by atoms with E-state index in [0.29, 0.717) is 12.1 Å². The van der Waals surface area contributed by atoms with Crippen molar-refractivity contribution in [3.05, 3.63) is 35.4 Å². The summed E-state index contributed by atoms with van der Waals surface area (Å²) < 4.78 is 0. The van der Waals surface area contributed by atoms with Crippen LogP contribution in [0.15, 0.2) is 24.3 Å². The van der Waals surface area contributed by atoms with E-state index in [9.17, 15) is 0 Å². The monoisotopic (exact) mass is 258 g/mol. The normalized spacial score (nSPS) is 27.4. The second-order valence-corrected chi connectivity index (χ2v) is 6.04. The van der Waals surface area contributed by atoms with Crippen molar-refractivity contribution in [2.24, 2.45) is 0 Å². The largest absolute Gasteiger partial charge is 0.313 e. The van der Waals surface area contributed by atoms with Gasteiger partial charge in [0.05, 0.1) is 0 Å². The predicted molar refractivity (Wildman–Crippen MR) is 80.4 cm³/mol. The van der Waals surface area contributed by atoms with Gasteiger partial charge in [-0.3, -0.25) is 4.90 Å². The van der Waals surface area contributed by atoms with Gasteiger partial charge in [0, 0.05) is 25.2 Å². The maximum absolute atomic E-state index is 3.68. The van der Waals surface area contributed by atoms with E-state index in [-0.39, 0.29) is 0 Å². The highest BCUT2D eigenvalue weighted by Crippen LogP contribution is 2.35. The number of hydrogen-bond acceptors (Lipinski definition) is 2. The van der Waals surface area contributed by atoms with Gasteiger partial charge < -0.3 is 5.32 Å². The van der Waals surface area contributed by atoms with Crippen LogP contribution in [0.1, 0.15) is 49.8 Å². The molecule has 2 aliphatic rings. The van der Waals surface area contributed by atoms with Gasteiger partial charge in [0.15, 0.2) is 0 Å². The van der Waals surface area contributed by atoms with Crippen molar-refractivity contribution < 1.29 is 0 Å². The predicted octanol–water partition coefficient (Wildman–Crippen LogP) is 3.14. The second-order valence-electron chi connectivity index (χ2n) is 6.04. The molecule has 2 nitrogen and oxygen atoms in total. The lowest BCUT2D eigenvalue weighted by Crippen LogP contribution is -2.35. The van der Waals surface area contributed by atoms with E-state index in [2.05, 4.69) is 41.4 Å². The summed E-state index contributed by atoms with van der Waals surface area (Å²) in [6.07, 6.45) is 6.53. The molecule has 1 aliphatic carbocycles. The topological polar surface area (TPSA) is 15.3 Å². The summed E-state index contributed by atoms with van der Waals surface area (Å²) in [5, 5.41) is 3.68. The molecule has 1 aromatic carbocycles. The second kappa shape index (κ2) is 6.06. The maximum atomic E-state index is 3.68. The van der Waals surface area contributed by atoms with E-state index in [1.165, 1.54) is 51.7 Å². The van der Waals surface area contributed by atoms with Crippen LogP contribution in [-0.4, -0.2) is 30.6 Å². The summed E-state index contributed by atoms with van der Waals surface area (Å²) >= 11 is 0. The molecule has 1 aromatic rings. The molecule has 0 saturated carbocycles. The number of nitrogens with zero attached hydrogens (tertiary/aromatic N) is 1. The zero-order valence-corrected chi connectivity index (χ0v) is 12.1. The molecule has 1 fully saturated rings. The standard InChI is InChI=1S/C17H26N2/c1-2-11-18-15-10-12-19(13-15)17-9-5-7-14-6-3-4-8-16(14)17/h3-4,6,8,15,17-18H,2,5,7,9-13H2,1H3. The van der Waals surface area contributed by atoms with Gasteiger partial charge >= 0.3 is 0 Å². The molecule has 0 amide bonds. The van der Waals surface area contributed by atoms with Crippen molar-refractivity contribution in [1.82, 2.24) is 10.2 Å². The van der Waals surface area contributed by atoms with Gasteiger partial charge in [-0.2, -0.15) is 0 Å². The van der Waals surface area contributed by atoms with Gasteiger partial charge in [-0.05, 0) is 49.8 Å². The number of hydrogen-bond donors (Lipinski definition) is 1. The highest BCUT2D eigenvalue weighted by Gasteiger charge is 2.31.